The van der Waals surface area contributed by atoms with Crippen molar-refractivity contribution in [3.05, 3.63) is 0 Å². The zero-order chi connectivity index (χ0) is 13.5. The van der Waals surface area contributed by atoms with E-state index in [9.17, 15) is 9.59 Å². The van der Waals surface area contributed by atoms with E-state index >= 15 is 0 Å². The molecule has 1 N–H and O–H groups in total. The fourth-order valence-corrected chi connectivity index (χ4v) is 2.07. The van der Waals surface area contributed by atoms with Gasteiger partial charge in [-0.2, -0.15) is 11.8 Å². The Balaban J connectivity index is 3.92. The van der Waals surface area contributed by atoms with Gasteiger partial charge in [-0.25, -0.2) is 0 Å². The number of carboxylic acids is 1. The lowest BCUT2D eigenvalue weighted by atomic mass is 9.97. The maximum atomic E-state index is 11.7. The molecule has 0 fully saturated rings. The first kappa shape index (κ1) is 16.3. The van der Waals surface area contributed by atoms with Crippen molar-refractivity contribution >= 4 is 23.7 Å². The molecule has 0 spiro atoms. The van der Waals surface area contributed by atoms with Gasteiger partial charge in [0.2, 0.25) is 0 Å². The highest BCUT2D eigenvalue weighted by Crippen LogP contribution is 2.24. The van der Waals surface area contributed by atoms with Crippen molar-refractivity contribution < 1.29 is 19.4 Å². The van der Waals surface area contributed by atoms with E-state index in [0.29, 0.717) is 24.0 Å². The van der Waals surface area contributed by atoms with E-state index in [1.165, 1.54) is 11.8 Å². The van der Waals surface area contributed by atoms with Gasteiger partial charge in [-0.3, -0.25) is 9.59 Å². The number of thioether (sulfide) groups is 1. The van der Waals surface area contributed by atoms with Crippen molar-refractivity contribution in [2.75, 3.05) is 18.1 Å². The molecule has 0 aliphatic heterocycles. The molecule has 0 heterocycles. The predicted octanol–water partition coefficient (Wildman–Crippen LogP) is 2.42. The van der Waals surface area contributed by atoms with Crippen molar-refractivity contribution in [1.82, 2.24) is 0 Å². The van der Waals surface area contributed by atoms with Crippen LogP contribution in [0, 0.1) is 11.3 Å². The summed E-state index contributed by atoms with van der Waals surface area (Å²) in [5.74, 6) is 0.411. The number of aliphatic carboxylic acids is 1. The Morgan fingerprint density at radius 2 is 1.94 bits per heavy atom. The van der Waals surface area contributed by atoms with Gasteiger partial charge in [0.1, 0.15) is 0 Å². The maximum Gasteiger partial charge on any atom is 0.312 e. The highest BCUT2D eigenvalue weighted by atomic mass is 32.2. The number of hydrogen-bond acceptors (Lipinski definition) is 4. The number of carbonyl (C=O) groups excluding carboxylic acids is 1. The molecule has 17 heavy (non-hydrogen) atoms. The van der Waals surface area contributed by atoms with Crippen LogP contribution >= 0.6 is 11.8 Å². The van der Waals surface area contributed by atoms with Gasteiger partial charge in [-0.1, -0.05) is 13.8 Å². The second-order valence-corrected chi connectivity index (χ2v) is 6.18. The Morgan fingerprint density at radius 3 is 2.41 bits per heavy atom. The second kappa shape index (κ2) is 7.58. The van der Waals surface area contributed by atoms with Crippen molar-refractivity contribution in [1.29, 1.82) is 0 Å². The summed E-state index contributed by atoms with van der Waals surface area (Å²) in [7, 11) is 0. The molecule has 0 radical (unpaired) electrons. The van der Waals surface area contributed by atoms with Gasteiger partial charge in [0.25, 0.3) is 0 Å². The van der Waals surface area contributed by atoms with E-state index in [4.69, 9.17) is 9.84 Å². The smallest absolute Gasteiger partial charge is 0.312 e. The van der Waals surface area contributed by atoms with E-state index < -0.39 is 11.4 Å². The standard InChI is InChI=1S/C12H22O4S/c1-9(2)7-16-11(15)12(3,4)8-17-6-5-10(13)14/h9H,5-8H2,1-4H3,(H,13,14). The molecule has 0 unspecified atom stereocenters. The normalized spacial score (nSPS) is 11.6. The van der Waals surface area contributed by atoms with Crippen LogP contribution in [0.25, 0.3) is 0 Å². The Labute approximate surface area is 107 Å². The fraction of sp³-hybridized carbons (Fsp3) is 0.833. The predicted molar refractivity (Wildman–Crippen MR) is 69.2 cm³/mol. The molecule has 0 atom stereocenters. The van der Waals surface area contributed by atoms with Crippen LogP contribution in [-0.4, -0.2) is 35.2 Å². The molecule has 0 rings (SSSR count). The molecule has 4 nitrogen and oxygen atoms in total. The number of ether oxygens (including phenoxy) is 1. The molecule has 5 heteroatoms. The molecule has 0 saturated carbocycles. The van der Waals surface area contributed by atoms with Crippen LogP contribution in [0.4, 0.5) is 0 Å². The first-order chi connectivity index (χ1) is 7.75. The zero-order valence-corrected chi connectivity index (χ0v) is 11.8. The molecule has 0 aliphatic carbocycles. The third kappa shape index (κ3) is 8.07. The third-order valence-electron chi connectivity index (χ3n) is 2.02. The van der Waals surface area contributed by atoms with Crippen LogP contribution in [-0.2, 0) is 14.3 Å². The summed E-state index contributed by atoms with van der Waals surface area (Å²) in [6.45, 7) is 8.05. The zero-order valence-electron chi connectivity index (χ0n) is 11.0. The summed E-state index contributed by atoms with van der Waals surface area (Å²) in [4.78, 5) is 22.1. The summed E-state index contributed by atoms with van der Waals surface area (Å²) in [6, 6.07) is 0. The maximum absolute atomic E-state index is 11.7. The minimum atomic E-state index is -0.808. The topological polar surface area (TPSA) is 63.6 Å². The van der Waals surface area contributed by atoms with Crippen LogP contribution in [0.5, 0.6) is 0 Å². The van der Waals surface area contributed by atoms with Gasteiger partial charge in [0.05, 0.1) is 18.4 Å². The molecule has 100 valence electrons. The van der Waals surface area contributed by atoms with Crippen molar-refractivity contribution in [2.24, 2.45) is 11.3 Å². The number of hydrogen-bond donors (Lipinski definition) is 1. The Hall–Kier alpha value is -0.710. The van der Waals surface area contributed by atoms with Crippen molar-refractivity contribution in [2.45, 2.75) is 34.1 Å². The Kier molecular flexibility index (Phi) is 7.27. The van der Waals surface area contributed by atoms with E-state index in [1.807, 2.05) is 27.7 Å². The quantitative estimate of drug-likeness (QED) is 0.537. The lowest BCUT2D eigenvalue weighted by molar-refractivity contribution is -0.153. The molecule has 0 bridgehead atoms. The van der Waals surface area contributed by atoms with E-state index in [1.54, 1.807) is 0 Å². The molecule has 0 aromatic rings. The largest absolute Gasteiger partial charge is 0.481 e. The summed E-state index contributed by atoms with van der Waals surface area (Å²) in [5, 5.41) is 8.49. The molecule has 0 amide bonds. The Bertz CT molecular complexity index is 261. The third-order valence-corrected chi connectivity index (χ3v) is 3.44. The highest BCUT2D eigenvalue weighted by molar-refractivity contribution is 7.99. The second-order valence-electron chi connectivity index (χ2n) is 5.07. The lowest BCUT2D eigenvalue weighted by Crippen LogP contribution is -2.30. The summed E-state index contributed by atoms with van der Waals surface area (Å²) in [6.07, 6.45) is 0.127. The summed E-state index contributed by atoms with van der Waals surface area (Å²) < 4.78 is 5.18. The molecule has 0 saturated heterocycles. The van der Waals surface area contributed by atoms with Gasteiger partial charge in [-0.05, 0) is 19.8 Å². The van der Waals surface area contributed by atoms with Gasteiger partial charge < -0.3 is 9.84 Å². The van der Waals surface area contributed by atoms with Crippen molar-refractivity contribution in [3.63, 3.8) is 0 Å². The number of esters is 1. The first-order valence-electron chi connectivity index (χ1n) is 5.72. The monoisotopic (exact) mass is 262 g/mol. The van der Waals surface area contributed by atoms with Crippen LogP contribution in [0.1, 0.15) is 34.1 Å². The van der Waals surface area contributed by atoms with Gasteiger partial charge in [0.15, 0.2) is 0 Å². The fourth-order valence-electron chi connectivity index (χ4n) is 0.983. The van der Waals surface area contributed by atoms with Crippen molar-refractivity contribution in [3.8, 4) is 0 Å². The van der Waals surface area contributed by atoms with Gasteiger partial charge in [-0.15, -0.1) is 0 Å². The van der Waals surface area contributed by atoms with Crippen LogP contribution in [0.2, 0.25) is 0 Å². The van der Waals surface area contributed by atoms with Gasteiger partial charge >= 0.3 is 11.9 Å². The van der Waals surface area contributed by atoms with Gasteiger partial charge in [0, 0.05) is 11.5 Å². The van der Waals surface area contributed by atoms with E-state index in [0.717, 1.165) is 0 Å². The van der Waals surface area contributed by atoms with E-state index in [2.05, 4.69) is 0 Å². The summed E-state index contributed by atoms with van der Waals surface area (Å²) >= 11 is 1.47. The highest BCUT2D eigenvalue weighted by Gasteiger charge is 2.29. The number of rotatable bonds is 8. The molecule has 0 aliphatic rings. The minimum Gasteiger partial charge on any atom is -0.481 e. The van der Waals surface area contributed by atoms with Crippen LogP contribution in [0.3, 0.4) is 0 Å². The van der Waals surface area contributed by atoms with E-state index in [-0.39, 0.29) is 12.4 Å². The average Bonchev–Trinajstić information content (AvgIpc) is 2.20. The SMILES string of the molecule is CC(C)COC(=O)C(C)(C)CSCCC(=O)O. The Morgan fingerprint density at radius 1 is 1.35 bits per heavy atom. The van der Waals surface area contributed by atoms with Crippen LogP contribution < -0.4 is 0 Å². The van der Waals surface area contributed by atoms with Crippen LogP contribution in [0.15, 0.2) is 0 Å². The average molecular weight is 262 g/mol. The number of carbonyl (C=O) groups is 2. The number of carboxylic acid groups (broad SMARTS) is 1. The molecule has 0 aromatic heterocycles. The molecular weight excluding hydrogens is 240 g/mol. The first-order valence-corrected chi connectivity index (χ1v) is 6.88. The lowest BCUT2D eigenvalue weighted by Gasteiger charge is -2.22. The molecule has 0 aromatic carbocycles. The summed E-state index contributed by atoms with van der Waals surface area (Å²) in [5.41, 5.74) is -0.557. The minimum absolute atomic E-state index is 0.127. The molecular formula is C12H22O4S.